The summed E-state index contributed by atoms with van der Waals surface area (Å²) in [6, 6.07) is 8.03. The summed E-state index contributed by atoms with van der Waals surface area (Å²) in [5.41, 5.74) is 1.92. The lowest BCUT2D eigenvalue weighted by Crippen LogP contribution is -2.39. The highest BCUT2D eigenvalue weighted by molar-refractivity contribution is 5.53. The van der Waals surface area contributed by atoms with E-state index in [9.17, 15) is 4.79 Å². The molecule has 0 aliphatic carbocycles. The fourth-order valence-corrected chi connectivity index (χ4v) is 3.81. The van der Waals surface area contributed by atoms with Crippen molar-refractivity contribution in [1.82, 2.24) is 14.6 Å². The maximum absolute atomic E-state index is 12.3. The Kier molecular flexibility index (Phi) is 3.67. The number of aryl methyl sites for hydroxylation is 2. The number of piperidine rings is 1. The molecular weight excluding hydrogens is 384 g/mol. The molecule has 0 atom stereocenters. The fraction of sp³-hybridized carbons (Fsp3) is 0.409. The van der Waals surface area contributed by atoms with E-state index in [-0.39, 0.29) is 23.2 Å². The molecule has 3 aromatic rings. The second-order valence-electron chi connectivity index (χ2n) is 7.48. The normalized spacial score (nSPS) is 22.0. The van der Waals surface area contributed by atoms with Gasteiger partial charge in [-0.2, -0.15) is 4.52 Å². The lowest BCUT2D eigenvalue weighted by atomic mass is 10.1. The summed E-state index contributed by atoms with van der Waals surface area (Å²) in [6.07, 6.45) is 1.37. The van der Waals surface area contributed by atoms with Gasteiger partial charge in [0.15, 0.2) is 23.0 Å². The van der Waals surface area contributed by atoms with Crippen LogP contribution in [0.2, 0.25) is 0 Å². The molecule has 0 spiro atoms. The van der Waals surface area contributed by atoms with Crippen LogP contribution in [0.15, 0.2) is 35.1 Å². The van der Waals surface area contributed by atoms with Gasteiger partial charge in [-0.05, 0) is 37.6 Å². The van der Waals surface area contributed by atoms with Crippen LogP contribution in [-0.4, -0.2) is 46.9 Å². The van der Waals surface area contributed by atoms with Crippen LogP contribution in [0.25, 0.3) is 5.65 Å². The number of rotatable bonds is 3. The molecule has 0 N–H and O–H groups in total. The predicted molar refractivity (Wildman–Crippen MR) is 112 cm³/mol. The average molecular weight is 412 g/mol. The largest absolute Gasteiger partial charge is 0.490 e. The maximum atomic E-state index is 12.3. The summed E-state index contributed by atoms with van der Waals surface area (Å²) in [6.45, 7) is -0.104. The molecule has 1 fully saturated rings. The van der Waals surface area contributed by atoms with E-state index in [0.717, 1.165) is 24.2 Å². The zero-order chi connectivity index (χ0) is 24.3. The highest BCUT2D eigenvalue weighted by Crippen LogP contribution is 2.34. The summed E-state index contributed by atoms with van der Waals surface area (Å²) < 4.78 is 48.6. The zero-order valence-electron chi connectivity index (χ0n) is 20.7. The minimum absolute atomic E-state index is 0.0742. The first-order chi connectivity index (χ1) is 16.0. The van der Waals surface area contributed by atoms with Crippen LogP contribution in [0.3, 0.4) is 0 Å². The van der Waals surface area contributed by atoms with Gasteiger partial charge in [0, 0.05) is 43.8 Å². The molecule has 8 nitrogen and oxygen atoms in total. The van der Waals surface area contributed by atoms with Crippen molar-refractivity contribution in [2.45, 2.75) is 32.8 Å². The van der Waals surface area contributed by atoms with Crippen LogP contribution in [0.1, 0.15) is 29.6 Å². The van der Waals surface area contributed by atoms with Gasteiger partial charge in [-0.25, -0.2) is 4.98 Å². The van der Waals surface area contributed by atoms with Crippen molar-refractivity contribution >= 4 is 11.5 Å². The third-order valence-corrected chi connectivity index (χ3v) is 5.27. The van der Waals surface area contributed by atoms with Crippen molar-refractivity contribution in [3.8, 4) is 17.2 Å². The van der Waals surface area contributed by atoms with Gasteiger partial charge in [0.25, 0.3) is 5.56 Å². The number of fused-ring (bicyclic) bond motifs is 2. The average Bonchev–Trinajstić information content (AvgIpc) is 2.74. The Morgan fingerprint density at radius 2 is 1.87 bits per heavy atom. The second-order valence-corrected chi connectivity index (χ2v) is 7.48. The van der Waals surface area contributed by atoms with Crippen LogP contribution >= 0.6 is 0 Å². The Morgan fingerprint density at radius 1 is 1.10 bits per heavy atom. The van der Waals surface area contributed by atoms with Gasteiger partial charge in [0.1, 0.15) is 25.0 Å². The molecule has 0 amide bonds. The molecule has 5 rings (SSSR count). The SMILES string of the molecule is [2H]C1([2H])Oc2ccc(OC3CCN(c4nn5c(=O)cc(C)nc5cc4C)CC3)cc2OC1([2H])[2H]. The Labute approximate surface area is 179 Å². The summed E-state index contributed by atoms with van der Waals surface area (Å²) in [7, 11) is 0. The van der Waals surface area contributed by atoms with Crippen LogP contribution in [0.4, 0.5) is 5.82 Å². The van der Waals surface area contributed by atoms with Gasteiger partial charge in [-0.15, -0.1) is 5.10 Å². The molecular formula is C22H24N4O4. The smallest absolute Gasteiger partial charge is 0.274 e. The number of anilines is 1. The van der Waals surface area contributed by atoms with E-state index in [1.54, 1.807) is 13.0 Å². The Balaban J connectivity index is 1.28. The van der Waals surface area contributed by atoms with Crippen molar-refractivity contribution in [3.63, 3.8) is 0 Å². The molecule has 2 aromatic heterocycles. The van der Waals surface area contributed by atoms with Gasteiger partial charge in [0.2, 0.25) is 0 Å². The van der Waals surface area contributed by atoms with Crippen LogP contribution < -0.4 is 24.7 Å². The van der Waals surface area contributed by atoms with Gasteiger partial charge in [0.05, 0.1) is 5.48 Å². The van der Waals surface area contributed by atoms with Crippen LogP contribution in [0, 0.1) is 13.8 Å². The van der Waals surface area contributed by atoms with E-state index in [2.05, 4.69) is 15.0 Å². The van der Waals surface area contributed by atoms with Gasteiger partial charge >= 0.3 is 0 Å². The molecule has 2 aliphatic rings. The Morgan fingerprint density at radius 3 is 2.67 bits per heavy atom. The minimum Gasteiger partial charge on any atom is -0.490 e. The first kappa shape index (κ1) is 14.7. The fourth-order valence-electron chi connectivity index (χ4n) is 3.81. The van der Waals surface area contributed by atoms with E-state index in [0.29, 0.717) is 30.2 Å². The highest BCUT2D eigenvalue weighted by Gasteiger charge is 2.24. The zero-order valence-corrected chi connectivity index (χ0v) is 16.7. The highest BCUT2D eigenvalue weighted by atomic mass is 16.6. The summed E-state index contributed by atoms with van der Waals surface area (Å²) in [5, 5.41) is 4.55. The van der Waals surface area contributed by atoms with Crippen molar-refractivity contribution < 1.29 is 19.7 Å². The summed E-state index contributed by atoms with van der Waals surface area (Å²) >= 11 is 0. The van der Waals surface area contributed by atoms with Crippen molar-refractivity contribution in [2.24, 2.45) is 0 Å². The summed E-state index contributed by atoms with van der Waals surface area (Å²) in [5.74, 6) is 1.46. The summed E-state index contributed by atoms with van der Waals surface area (Å²) in [4.78, 5) is 18.9. The molecule has 2 aliphatic heterocycles. The molecule has 1 saturated heterocycles. The third-order valence-electron chi connectivity index (χ3n) is 5.27. The van der Waals surface area contributed by atoms with E-state index in [1.165, 1.54) is 22.7 Å². The molecule has 156 valence electrons. The van der Waals surface area contributed by atoms with Gasteiger partial charge < -0.3 is 19.1 Å². The first-order valence-electron chi connectivity index (χ1n) is 11.8. The van der Waals surface area contributed by atoms with Crippen molar-refractivity contribution in [2.75, 3.05) is 31.1 Å². The molecule has 0 unspecified atom stereocenters. The number of aromatic nitrogens is 3. The van der Waals surface area contributed by atoms with Crippen LogP contribution in [-0.2, 0) is 0 Å². The van der Waals surface area contributed by atoms with E-state index in [1.807, 2.05) is 13.0 Å². The molecule has 4 heterocycles. The number of nitrogens with zero attached hydrogens (tertiary/aromatic N) is 4. The molecule has 1 aromatic carbocycles. The molecule has 8 heteroatoms. The minimum atomic E-state index is -2.62. The standard InChI is InChI=1S/C22H24N4O4/c1-14-11-20-23-15(2)12-21(27)26(20)24-22(14)25-7-5-16(6-8-25)30-17-3-4-18-19(13-17)29-10-9-28-18/h3-4,11-13,16H,5-10H2,1-2H3/i9D2,10D2. The lowest BCUT2D eigenvalue weighted by Gasteiger charge is -2.33. The van der Waals surface area contributed by atoms with E-state index >= 15 is 0 Å². The number of hydrogen-bond donors (Lipinski definition) is 0. The van der Waals surface area contributed by atoms with Crippen molar-refractivity contribution in [1.29, 1.82) is 0 Å². The number of hydrogen-bond acceptors (Lipinski definition) is 7. The maximum Gasteiger partial charge on any atom is 0.274 e. The van der Waals surface area contributed by atoms with Crippen LogP contribution in [0.5, 0.6) is 17.2 Å². The monoisotopic (exact) mass is 412 g/mol. The first-order valence-corrected chi connectivity index (χ1v) is 9.84. The van der Waals surface area contributed by atoms with Gasteiger partial charge in [-0.3, -0.25) is 4.79 Å². The quantitative estimate of drug-likeness (QED) is 0.654. The predicted octanol–water partition coefficient (Wildman–Crippen LogP) is 2.53. The molecule has 0 bridgehead atoms. The molecule has 0 radical (unpaired) electrons. The number of benzene rings is 1. The molecule has 0 saturated carbocycles. The Hall–Kier alpha value is -3.29. The third kappa shape index (κ3) is 3.53. The number of ether oxygens (including phenoxy) is 3. The van der Waals surface area contributed by atoms with Gasteiger partial charge in [-0.1, -0.05) is 0 Å². The van der Waals surface area contributed by atoms with E-state index < -0.39 is 13.1 Å². The van der Waals surface area contributed by atoms with Crippen molar-refractivity contribution in [3.05, 3.63) is 51.9 Å². The Bertz CT molecular complexity index is 1320. The second kappa shape index (κ2) is 7.51. The lowest BCUT2D eigenvalue weighted by molar-refractivity contribution is 0.159. The topological polar surface area (TPSA) is 78.2 Å². The molecule has 30 heavy (non-hydrogen) atoms. The van der Waals surface area contributed by atoms with E-state index in [4.69, 9.17) is 19.7 Å².